The van der Waals surface area contributed by atoms with Gasteiger partial charge in [-0.3, -0.25) is 23.4 Å². The van der Waals surface area contributed by atoms with Crippen LogP contribution in [0.1, 0.15) is 278 Å². The second-order valence-corrected chi connectivity index (χ2v) is 23.0. The topological polar surface area (TPSA) is 155 Å². The zero-order valence-electron chi connectivity index (χ0n) is 52.2. The van der Waals surface area contributed by atoms with Crippen LogP contribution in [0.15, 0.2) is 109 Å². The summed E-state index contributed by atoms with van der Waals surface area (Å²) < 4.78 is 39.6. The summed E-state index contributed by atoms with van der Waals surface area (Å²) >= 11 is 0. The fraction of sp³-hybridized carbons (Fsp3) is 0.700. The number of ether oxygens (including phenoxy) is 3. The molecule has 0 saturated carbocycles. The van der Waals surface area contributed by atoms with Gasteiger partial charge in [-0.05, 0) is 116 Å². The quantitative estimate of drug-likeness (QED) is 0.0197. The van der Waals surface area contributed by atoms with Gasteiger partial charge in [0.2, 0.25) is 0 Å². The number of phosphoric ester groups is 1. The van der Waals surface area contributed by atoms with E-state index >= 15 is 0 Å². The van der Waals surface area contributed by atoms with Crippen molar-refractivity contribution in [1.82, 2.24) is 0 Å². The largest absolute Gasteiger partial charge is 0.472 e. The molecular weight excluding hydrogens is 1050 g/mol. The Morgan fingerprint density at radius 3 is 1.06 bits per heavy atom. The molecule has 3 atom stereocenters. The van der Waals surface area contributed by atoms with Crippen molar-refractivity contribution in [3.8, 4) is 0 Å². The second kappa shape index (κ2) is 63.2. The summed E-state index contributed by atoms with van der Waals surface area (Å²) in [5, 5.41) is 9.86. The van der Waals surface area contributed by atoms with Gasteiger partial charge in [-0.2, -0.15) is 0 Å². The highest BCUT2D eigenvalue weighted by molar-refractivity contribution is 7.47. The number of aliphatic hydroxyl groups excluding tert-OH is 1. The molecule has 0 spiro atoms. The molecule has 2 N–H and O–H groups in total. The maximum Gasteiger partial charge on any atom is 0.472 e. The van der Waals surface area contributed by atoms with Crippen LogP contribution in [0.25, 0.3) is 0 Å². The summed E-state index contributed by atoms with van der Waals surface area (Å²) in [7, 11) is -4.78. The van der Waals surface area contributed by atoms with E-state index in [1.54, 1.807) is 0 Å². The molecular formula is C70H119O11P. The first-order valence-corrected chi connectivity index (χ1v) is 34.3. The van der Waals surface area contributed by atoms with Crippen molar-refractivity contribution in [3.05, 3.63) is 109 Å². The van der Waals surface area contributed by atoms with Gasteiger partial charge >= 0.3 is 25.7 Å². The minimum atomic E-state index is -4.78. The zero-order valence-corrected chi connectivity index (χ0v) is 53.1. The fourth-order valence-corrected chi connectivity index (χ4v) is 9.49. The maximum absolute atomic E-state index is 13.0. The molecule has 12 heteroatoms. The van der Waals surface area contributed by atoms with Gasteiger partial charge in [-0.15, -0.1) is 0 Å². The van der Waals surface area contributed by atoms with Gasteiger partial charge < -0.3 is 24.2 Å². The van der Waals surface area contributed by atoms with E-state index in [0.29, 0.717) is 19.3 Å². The lowest BCUT2D eigenvalue weighted by Gasteiger charge is -2.21. The highest BCUT2D eigenvalue weighted by Crippen LogP contribution is 2.43. The summed E-state index contributed by atoms with van der Waals surface area (Å²) in [6, 6.07) is 0. The minimum Gasteiger partial charge on any atom is -0.462 e. The number of hydrogen-bond donors (Lipinski definition) is 2. The molecule has 470 valence electrons. The predicted molar refractivity (Wildman–Crippen MR) is 343 cm³/mol. The third-order valence-electron chi connectivity index (χ3n) is 13.7. The summed E-state index contributed by atoms with van der Waals surface area (Å²) in [4.78, 5) is 48.8. The molecule has 3 unspecified atom stereocenters. The van der Waals surface area contributed by atoms with Gasteiger partial charge in [0.25, 0.3) is 0 Å². The molecule has 11 nitrogen and oxygen atoms in total. The van der Waals surface area contributed by atoms with E-state index in [0.717, 1.165) is 96.3 Å². The van der Waals surface area contributed by atoms with Gasteiger partial charge in [0.1, 0.15) is 12.7 Å². The molecule has 0 bridgehead atoms. The summed E-state index contributed by atoms with van der Waals surface area (Å²) in [6.07, 6.45) is 77.6. The van der Waals surface area contributed by atoms with E-state index < -0.39 is 57.8 Å². The third kappa shape index (κ3) is 60.7. The molecule has 0 aliphatic rings. The van der Waals surface area contributed by atoms with E-state index in [4.69, 9.17) is 23.3 Å². The van der Waals surface area contributed by atoms with Gasteiger partial charge in [-0.25, -0.2) is 4.57 Å². The van der Waals surface area contributed by atoms with Crippen LogP contribution in [0.2, 0.25) is 0 Å². The Hall–Kier alpha value is -3.86. The van der Waals surface area contributed by atoms with Gasteiger partial charge in [0.05, 0.1) is 19.8 Å². The van der Waals surface area contributed by atoms with Crippen molar-refractivity contribution in [2.45, 2.75) is 290 Å². The molecule has 0 aromatic rings. The van der Waals surface area contributed by atoms with Gasteiger partial charge in [-0.1, -0.05) is 252 Å². The van der Waals surface area contributed by atoms with Crippen molar-refractivity contribution in [2.24, 2.45) is 0 Å². The Kier molecular flexibility index (Phi) is 60.2. The second-order valence-electron chi connectivity index (χ2n) is 21.5. The van der Waals surface area contributed by atoms with Gasteiger partial charge in [0.15, 0.2) is 6.10 Å². The number of hydrogen-bond acceptors (Lipinski definition) is 10. The first kappa shape index (κ1) is 78.1. The number of unbranched alkanes of at least 4 members (excludes halogenated alkanes) is 25. The molecule has 82 heavy (non-hydrogen) atoms. The third-order valence-corrected chi connectivity index (χ3v) is 14.6. The summed E-state index contributed by atoms with van der Waals surface area (Å²) in [5.41, 5.74) is 0. The van der Waals surface area contributed by atoms with E-state index in [1.165, 1.54) is 122 Å². The van der Waals surface area contributed by atoms with Crippen molar-refractivity contribution >= 4 is 25.7 Å². The Labute approximate surface area is 501 Å². The number of phosphoric acid groups is 1. The monoisotopic (exact) mass is 1170 g/mol. The Balaban J connectivity index is 4.80. The lowest BCUT2D eigenvalue weighted by molar-refractivity contribution is -0.161. The average molecular weight is 1170 g/mol. The fourth-order valence-electron chi connectivity index (χ4n) is 8.70. The number of aliphatic hydroxyl groups is 1. The van der Waals surface area contributed by atoms with Crippen LogP contribution in [-0.2, 0) is 42.2 Å². The van der Waals surface area contributed by atoms with Crippen LogP contribution in [0, 0.1) is 0 Å². The first-order chi connectivity index (χ1) is 40.2. The van der Waals surface area contributed by atoms with Crippen LogP contribution in [0.3, 0.4) is 0 Å². The van der Waals surface area contributed by atoms with E-state index in [9.17, 15) is 28.9 Å². The molecule has 0 saturated heterocycles. The van der Waals surface area contributed by atoms with Crippen LogP contribution in [0.5, 0.6) is 0 Å². The normalized spacial score (nSPS) is 14.0. The average Bonchev–Trinajstić information content (AvgIpc) is 3.47. The molecule has 0 aromatic heterocycles. The van der Waals surface area contributed by atoms with Crippen molar-refractivity contribution in [1.29, 1.82) is 0 Å². The molecule has 0 amide bonds. The van der Waals surface area contributed by atoms with Crippen molar-refractivity contribution in [3.63, 3.8) is 0 Å². The number of rotatable bonds is 60. The van der Waals surface area contributed by atoms with E-state index in [-0.39, 0.29) is 25.9 Å². The number of carbonyl (C=O) groups is 3. The smallest absolute Gasteiger partial charge is 0.462 e. The predicted octanol–water partition coefficient (Wildman–Crippen LogP) is 20.1. The van der Waals surface area contributed by atoms with Crippen LogP contribution in [0.4, 0.5) is 0 Å². The number of esters is 3. The lowest BCUT2D eigenvalue weighted by Crippen LogP contribution is -2.30. The zero-order chi connectivity index (χ0) is 59.8. The highest BCUT2D eigenvalue weighted by atomic mass is 31.2. The maximum atomic E-state index is 13.0. The van der Waals surface area contributed by atoms with Crippen LogP contribution >= 0.6 is 7.82 Å². The van der Waals surface area contributed by atoms with Crippen LogP contribution in [-0.4, -0.2) is 66.5 Å². The first-order valence-electron chi connectivity index (χ1n) is 32.8. The molecule has 0 radical (unpaired) electrons. The molecule has 0 heterocycles. The number of allylic oxidation sites excluding steroid dienone is 18. The highest BCUT2D eigenvalue weighted by Gasteiger charge is 2.28. The SMILES string of the molecule is CC/C=C\C/C=C\C/C=C\C/C=C\C/C=C\C/C=C\CCC(=O)OCC(COP(=O)(O)OCC(CO)OC(=O)CCCCCCCCC/C=C\C/C=C\CCCCC)OC(=O)CCCCCCCCCCC/C=C\CCCCCCCC. The minimum absolute atomic E-state index is 0.0967. The van der Waals surface area contributed by atoms with Crippen LogP contribution < -0.4 is 0 Å². The Bertz CT molecular complexity index is 1790. The van der Waals surface area contributed by atoms with E-state index in [2.05, 4.69) is 118 Å². The summed E-state index contributed by atoms with van der Waals surface area (Å²) in [5.74, 6) is -1.57. The lowest BCUT2D eigenvalue weighted by atomic mass is 10.1. The molecule has 0 rings (SSSR count). The molecule has 0 fully saturated rings. The molecule has 0 aliphatic carbocycles. The van der Waals surface area contributed by atoms with Crippen molar-refractivity contribution < 1.29 is 52.2 Å². The Morgan fingerprint density at radius 2 is 0.659 bits per heavy atom. The van der Waals surface area contributed by atoms with Crippen molar-refractivity contribution in [2.75, 3.05) is 26.4 Å². The molecule has 0 aliphatic heterocycles. The number of carbonyl (C=O) groups excluding carboxylic acids is 3. The van der Waals surface area contributed by atoms with Gasteiger partial charge in [0, 0.05) is 19.3 Å². The van der Waals surface area contributed by atoms with E-state index in [1.807, 2.05) is 12.2 Å². The Morgan fingerprint density at radius 1 is 0.354 bits per heavy atom. The summed E-state index contributed by atoms with van der Waals surface area (Å²) in [6.45, 7) is 4.44. The molecule has 0 aromatic carbocycles. The standard InChI is InChI=1S/C70H119O11P/c1-4-7-10-13-16-19-22-25-28-31-33-36-38-41-44-47-50-53-56-59-68(72)77-63-67(81-70(74)61-58-55-52-49-46-43-40-37-34-32-29-26-23-20-17-14-11-8-5-2)65-79-82(75,76)78-64-66(62-71)80-69(73)60-57-54-51-48-45-42-39-35-30-27-24-21-18-15-12-9-6-3/h7,10,16,18-19,21,25-30,33,36,41,44,50,53,66-67,71H,4-6,8-9,11-15,17,20,22-24,31-32,34-35,37-40,42-43,45-49,51-52,54-65H2,1-3H3,(H,75,76)/b10-7-,19-16-,21-18-,28-25-,29-26-,30-27-,36-33-,44-41-,53-50-.